The third kappa shape index (κ3) is 3.89. The monoisotopic (exact) mass is 270 g/mol. The van der Waals surface area contributed by atoms with E-state index in [1.54, 1.807) is 12.1 Å². The van der Waals surface area contributed by atoms with Crippen LogP contribution in [0.25, 0.3) is 0 Å². The number of ether oxygens (including phenoxy) is 1. The van der Waals surface area contributed by atoms with Crippen LogP contribution >= 0.6 is 12.4 Å². The number of carbonyl (C=O) groups excluding carboxylic acids is 1. The Morgan fingerprint density at radius 1 is 1.39 bits per heavy atom. The van der Waals surface area contributed by atoms with Crippen LogP contribution in [0.3, 0.4) is 0 Å². The molecular weight excluding hydrogens is 252 g/mol. The van der Waals surface area contributed by atoms with Gasteiger partial charge >= 0.3 is 0 Å². The molecule has 4 nitrogen and oxygen atoms in total. The van der Waals surface area contributed by atoms with Crippen molar-refractivity contribution in [3.63, 3.8) is 0 Å². The first kappa shape index (κ1) is 14.8. The minimum atomic E-state index is -0.0139. The van der Waals surface area contributed by atoms with E-state index in [1.165, 1.54) is 0 Å². The fourth-order valence-electron chi connectivity index (χ4n) is 1.70. The molecule has 5 heteroatoms. The van der Waals surface area contributed by atoms with E-state index < -0.39 is 0 Å². The number of amides is 1. The molecule has 1 amide bonds. The third-order valence-electron chi connectivity index (χ3n) is 2.84. The molecular formula is C13H19ClN2O2. The number of hydrogen-bond acceptors (Lipinski definition) is 3. The quantitative estimate of drug-likeness (QED) is 0.852. The van der Waals surface area contributed by atoms with Crippen molar-refractivity contribution in [2.75, 3.05) is 26.2 Å². The van der Waals surface area contributed by atoms with Gasteiger partial charge in [-0.05, 0) is 31.2 Å². The van der Waals surface area contributed by atoms with E-state index in [9.17, 15) is 4.79 Å². The molecule has 0 aromatic heterocycles. The summed E-state index contributed by atoms with van der Waals surface area (Å²) < 4.78 is 5.33. The second-order valence-corrected chi connectivity index (χ2v) is 4.19. The molecule has 0 spiro atoms. The van der Waals surface area contributed by atoms with Crippen molar-refractivity contribution < 1.29 is 9.53 Å². The lowest BCUT2D eigenvalue weighted by molar-refractivity contribution is 0.0942. The van der Waals surface area contributed by atoms with Gasteiger partial charge in [0.05, 0.1) is 6.61 Å². The van der Waals surface area contributed by atoms with Crippen LogP contribution in [0.15, 0.2) is 24.3 Å². The van der Waals surface area contributed by atoms with E-state index in [1.807, 2.05) is 19.1 Å². The lowest BCUT2D eigenvalue weighted by atomic mass is 10.0. The average Bonchev–Trinajstić information content (AvgIpc) is 2.28. The van der Waals surface area contributed by atoms with Gasteiger partial charge in [0.15, 0.2) is 0 Å². The zero-order chi connectivity index (χ0) is 12.1. The molecule has 1 aromatic carbocycles. The van der Waals surface area contributed by atoms with Crippen LogP contribution in [0.1, 0.15) is 17.3 Å². The van der Waals surface area contributed by atoms with E-state index in [0.29, 0.717) is 18.1 Å². The van der Waals surface area contributed by atoms with E-state index in [2.05, 4.69) is 10.6 Å². The summed E-state index contributed by atoms with van der Waals surface area (Å²) in [6, 6.07) is 7.23. The number of halogens is 1. The van der Waals surface area contributed by atoms with E-state index in [0.717, 1.165) is 25.4 Å². The highest BCUT2D eigenvalue weighted by Crippen LogP contribution is 2.12. The van der Waals surface area contributed by atoms with Crippen molar-refractivity contribution in [2.45, 2.75) is 6.92 Å². The highest BCUT2D eigenvalue weighted by Gasteiger charge is 2.17. The van der Waals surface area contributed by atoms with Gasteiger partial charge in [-0.2, -0.15) is 0 Å². The molecule has 1 heterocycles. The molecule has 1 fully saturated rings. The smallest absolute Gasteiger partial charge is 0.251 e. The Hall–Kier alpha value is -1.26. The minimum absolute atomic E-state index is 0. The molecule has 1 aliphatic rings. The molecule has 0 radical (unpaired) electrons. The zero-order valence-electron chi connectivity index (χ0n) is 10.4. The van der Waals surface area contributed by atoms with Crippen LogP contribution in [-0.2, 0) is 0 Å². The van der Waals surface area contributed by atoms with Gasteiger partial charge in [-0.15, -0.1) is 12.4 Å². The molecule has 1 saturated heterocycles. The first-order valence-corrected chi connectivity index (χ1v) is 6.01. The molecule has 0 unspecified atom stereocenters. The highest BCUT2D eigenvalue weighted by molar-refractivity contribution is 5.94. The van der Waals surface area contributed by atoms with Gasteiger partial charge in [0, 0.05) is 31.1 Å². The Kier molecular flexibility index (Phi) is 5.95. The van der Waals surface area contributed by atoms with E-state index in [-0.39, 0.29) is 18.3 Å². The van der Waals surface area contributed by atoms with Crippen molar-refractivity contribution in [1.29, 1.82) is 0 Å². The SMILES string of the molecule is CCOc1ccc(C(=O)NCC2CNC2)cc1.Cl. The van der Waals surface area contributed by atoms with Crippen LogP contribution in [0.2, 0.25) is 0 Å². The number of nitrogens with one attached hydrogen (secondary N) is 2. The zero-order valence-corrected chi connectivity index (χ0v) is 11.3. The molecule has 1 aromatic rings. The summed E-state index contributed by atoms with van der Waals surface area (Å²) in [4.78, 5) is 11.8. The van der Waals surface area contributed by atoms with Crippen molar-refractivity contribution in [2.24, 2.45) is 5.92 Å². The largest absolute Gasteiger partial charge is 0.494 e. The summed E-state index contributed by atoms with van der Waals surface area (Å²) >= 11 is 0. The molecule has 2 N–H and O–H groups in total. The van der Waals surface area contributed by atoms with Crippen LogP contribution in [-0.4, -0.2) is 32.1 Å². The van der Waals surface area contributed by atoms with Gasteiger partial charge in [0.2, 0.25) is 0 Å². The molecule has 0 saturated carbocycles. The topological polar surface area (TPSA) is 50.4 Å². The molecule has 100 valence electrons. The van der Waals surface area contributed by atoms with E-state index in [4.69, 9.17) is 4.74 Å². The number of carbonyl (C=O) groups is 1. The normalized spacial score (nSPS) is 14.3. The summed E-state index contributed by atoms with van der Waals surface area (Å²) in [7, 11) is 0. The summed E-state index contributed by atoms with van der Waals surface area (Å²) in [5, 5.41) is 6.11. The first-order chi connectivity index (χ1) is 8.29. The van der Waals surface area contributed by atoms with Crippen LogP contribution in [0.5, 0.6) is 5.75 Å². The second kappa shape index (κ2) is 7.24. The Morgan fingerprint density at radius 2 is 2.06 bits per heavy atom. The summed E-state index contributed by atoms with van der Waals surface area (Å²) in [6.07, 6.45) is 0. The third-order valence-corrected chi connectivity index (χ3v) is 2.84. The second-order valence-electron chi connectivity index (χ2n) is 4.19. The van der Waals surface area contributed by atoms with Crippen LogP contribution in [0.4, 0.5) is 0 Å². The molecule has 18 heavy (non-hydrogen) atoms. The molecule has 1 aliphatic heterocycles. The van der Waals surface area contributed by atoms with Crippen LogP contribution < -0.4 is 15.4 Å². The van der Waals surface area contributed by atoms with E-state index >= 15 is 0 Å². The first-order valence-electron chi connectivity index (χ1n) is 6.01. The van der Waals surface area contributed by atoms with Gasteiger partial charge < -0.3 is 15.4 Å². The predicted molar refractivity (Wildman–Crippen MR) is 73.6 cm³/mol. The molecule has 0 bridgehead atoms. The number of rotatable bonds is 5. The Bertz CT molecular complexity index is 377. The maximum Gasteiger partial charge on any atom is 0.251 e. The van der Waals surface area contributed by atoms with Gasteiger partial charge in [0.1, 0.15) is 5.75 Å². The predicted octanol–water partition coefficient (Wildman–Crippen LogP) is 1.46. The van der Waals surface area contributed by atoms with Gasteiger partial charge in [-0.3, -0.25) is 4.79 Å². The minimum Gasteiger partial charge on any atom is -0.494 e. The number of hydrogen-bond donors (Lipinski definition) is 2. The fraction of sp³-hybridized carbons (Fsp3) is 0.462. The molecule has 0 atom stereocenters. The summed E-state index contributed by atoms with van der Waals surface area (Å²) in [5.41, 5.74) is 0.681. The van der Waals surface area contributed by atoms with Crippen molar-refractivity contribution >= 4 is 18.3 Å². The van der Waals surface area contributed by atoms with Crippen molar-refractivity contribution in [1.82, 2.24) is 10.6 Å². The lowest BCUT2D eigenvalue weighted by Crippen LogP contribution is -2.48. The van der Waals surface area contributed by atoms with Crippen molar-refractivity contribution in [3.05, 3.63) is 29.8 Å². The molecule has 0 aliphatic carbocycles. The van der Waals surface area contributed by atoms with Crippen molar-refractivity contribution in [3.8, 4) is 5.75 Å². The van der Waals surface area contributed by atoms with Gasteiger partial charge in [-0.25, -0.2) is 0 Å². The Labute approximate surface area is 114 Å². The Balaban J connectivity index is 0.00000162. The molecule has 2 rings (SSSR count). The van der Waals surface area contributed by atoms with Gasteiger partial charge in [-0.1, -0.05) is 0 Å². The van der Waals surface area contributed by atoms with Gasteiger partial charge in [0.25, 0.3) is 5.91 Å². The lowest BCUT2D eigenvalue weighted by Gasteiger charge is -2.27. The highest BCUT2D eigenvalue weighted by atomic mass is 35.5. The standard InChI is InChI=1S/C13H18N2O2.ClH/c1-2-17-12-5-3-11(4-6-12)13(16)15-9-10-7-14-8-10;/h3-6,10,14H,2,7-9H2,1H3,(H,15,16);1H. The van der Waals surface area contributed by atoms with Crippen LogP contribution in [0, 0.1) is 5.92 Å². The Morgan fingerprint density at radius 3 is 2.56 bits per heavy atom. The maximum atomic E-state index is 11.8. The maximum absolute atomic E-state index is 11.8. The summed E-state index contributed by atoms with van der Waals surface area (Å²) in [5.74, 6) is 1.37. The average molecular weight is 271 g/mol. The number of benzene rings is 1. The summed E-state index contributed by atoms with van der Waals surface area (Å²) in [6.45, 7) is 5.33. The fourth-order valence-corrected chi connectivity index (χ4v) is 1.70.